The van der Waals surface area contributed by atoms with Crippen molar-refractivity contribution in [3.63, 3.8) is 0 Å². The number of nitrogens with zero attached hydrogens (tertiary/aromatic N) is 4. The molecule has 0 unspecified atom stereocenters. The molecule has 5 heteroatoms. The molecule has 0 aliphatic heterocycles. The van der Waals surface area contributed by atoms with E-state index >= 15 is 0 Å². The highest BCUT2D eigenvalue weighted by molar-refractivity contribution is 6.09. The second-order valence-corrected chi connectivity index (χ2v) is 14.4. The number of fused-ring (bicyclic) bond motifs is 4. The smallest absolute Gasteiger partial charge is 0.161 e. The predicted molar refractivity (Wildman–Crippen MR) is 231 cm³/mol. The Morgan fingerprint density at radius 1 is 0.518 bits per heavy atom. The summed E-state index contributed by atoms with van der Waals surface area (Å²) in [4.78, 5) is 12.2. The molecule has 0 aliphatic carbocycles. The number of hydrogen-bond acceptors (Lipinski definition) is 4. The summed E-state index contributed by atoms with van der Waals surface area (Å²) >= 11 is 0. The van der Waals surface area contributed by atoms with Gasteiger partial charge in [0.25, 0.3) is 0 Å². The van der Waals surface area contributed by atoms with E-state index in [9.17, 15) is 0 Å². The molecule has 6 aromatic carbocycles. The lowest BCUT2D eigenvalue weighted by Gasteiger charge is -2.29. The summed E-state index contributed by atoms with van der Waals surface area (Å²) in [7, 11) is 0. The molecule has 0 spiro atoms. The molecule has 0 fully saturated rings. The largest absolute Gasteiger partial charge is 0.454 e. The first-order valence-electron chi connectivity index (χ1n) is 19.0. The lowest BCUT2D eigenvalue weighted by Crippen LogP contribution is -2.13. The molecule has 0 N–H and O–H groups in total. The Morgan fingerprint density at radius 2 is 1.21 bits per heavy atom. The van der Waals surface area contributed by atoms with Crippen molar-refractivity contribution in [3.8, 4) is 39.5 Å². The number of para-hydroxylation sites is 1. The maximum absolute atomic E-state index is 6.46. The van der Waals surface area contributed by atoms with E-state index in [1.807, 2.05) is 36.7 Å². The number of hydrogen-bond donors (Lipinski definition) is 0. The van der Waals surface area contributed by atoms with Gasteiger partial charge in [0.1, 0.15) is 17.1 Å². The van der Waals surface area contributed by atoms with Crippen LogP contribution in [-0.2, 0) is 0 Å². The summed E-state index contributed by atoms with van der Waals surface area (Å²) in [5.41, 5.74) is 15.9. The third-order valence-electron chi connectivity index (χ3n) is 10.7. The lowest BCUT2D eigenvalue weighted by atomic mass is 9.98. The number of anilines is 3. The van der Waals surface area contributed by atoms with Crippen molar-refractivity contribution in [2.24, 2.45) is 0 Å². The van der Waals surface area contributed by atoms with E-state index in [1.165, 1.54) is 22.3 Å². The fourth-order valence-electron chi connectivity index (χ4n) is 8.49. The summed E-state index contributed by atoms with van der Waals surface area (Å²) in [5.74, 6) is 0.858. The van der Waals surface area contributed by atoms with Gasteiger partial charge in [0.05, 0.1) is 16.9 Å². The maximum atomic E-state index is 6.46. The zero-order valence-corrected chi connectivity index (χ0v) is 31.4. The molecule has 10 aromatic rings. The van der Waals surface area contributed by atoms with Crippen LogP contribution in [0.15, 0.2) is 181 Å². The van der Waals surface area contributed by atoms with Crippen molar-refractivity contribution in [1.29, 1.82) is 0 Å². The zero-order valence-electron chi connectivity index (χ0n) is 31.4. The quantitative estimate of drug-likeness (QED) is 0.164. The number of aromatic nitrogens is 3. The Morgan fingerprint density at radius 3 is 1.98 bits per heavy atom. The molecule has 5 nitrogen and oxygen atoms in total. The van der Waals surface area contributed by atoms with Gasteiger partial charge in [-0.2, -0.15) is 0 Å². The van der Waals surface area contributed by atoms with Crippen molar-refractivity contribution >= 4 is 49.9 Å². The predicted octanol–water partition coefficient (Wildman–Crippen LogP) is 13.7. The van der Waals surface area contributed by atoms with Crippen LogP contribution in [0, 0.1) is 20.8 Å². The number of pyridine rings is 2. The minimum absolute atomic E-state index is 0.789. The van der Waals surface area contributed by atoms with Gasteiger partial charge < -0.3 is 9.32 Å². The van der Waals surface area contributed by atoms with Crippen LogP contribution >= 0.6 is 0 Å². The van der Waals surface area contributed by atoms with Gasteiger partial charge in [-0.3, -0.25) is 9.55 Å². The van der Waals surface area contributed by atoms with Gasteiger partial charge in [-0.05, 0) is 91.6 Å². The third kappa shape index (κ3) is 5.56. The minimum atomic E-state index is 0.789. The molecule has 10 rings (SSSR count). The number of furan rings is 1. The number of rotatable bonds is 7. The summed E-state index contributed by atoms with van der Waals surface area (Å²) in [6, 6.07) is 57.8. The highest BCUT2D eigenvalue weighted by atomic mass is 16.3. The standard InChI is InChI=1S/C51H38N4O/c1-33-29-34(2)49(35(3)30-33)54(39-20-14-19-38(31-39)48-51-42(26-28-53-48)41-21-10-11-22-45(41)56-51)40-24-25-43-44(32-40)55(46-23-12-13-27-52-46)50(37-17-8-5-9-18-37)47(43)36-15-6-4-7-16-36/h4-32H,1-3H3. The number of aryl methyl sites for hydroxylation is 3. The SMILES string of the molecule is Cc1cc(C)c(N(c2cccc(-c3nccc4c3oc3ccccc34)c2)c2ccc3c(-c4ccccc4)c(-c4ccccc4)n(-c4ccccn4)c3c2)c(C)c1. The highest BCUT2D eigenvalue weighted by Crippen LogP contribution is 2.47. The van der Waals surface area contributed by atoms with Crippen LogP contribution in [0.2, 0.25) is 0 Å². The molecule has 4 aromatic heterocycles. The van der Waals surface area contributed by atoms with E-state index in [-0.39, 0.29) is 0 Å². The summed E-state index contributed by atoms with van der Waals surface area (Å²) in [6.07, 6.45) is 3.75. The molecule has 56 heavy (non-hydrogen) atoms. The summed E-state index contributed by atoms with van der Waals surface area (Å²) < 4.78 is 8.79. The van der Waals surface area contributed by atoms with Crippen molar-refractivity contribution < 1.29 is 4.42 Å². The van der Waals surface area contributed by atoms with Gasteiger partial charge in [-0.15, -0.1) is 0 Å². The Kier molecular flexibility index (Phi) is 8.07. The van der Waals surface area contributed by atoms with Crippen molar-refractivity contribution in [2.75, 3.05) is 4.90 Å². The van der Waals surface area contributed by atoms with Crippen molar-refractivity contribution in [3.05, 3.63) is 193 Å². The topological polar surface area (TPSA) is 47.1 Å². The maximum Gasteiger partial charge on any atom is 0.161 e. The minimum Gasteiger partial charge on any atom is -0.454 e. The normalized spacial score (nSPS) is 11.5. The monoisotopic (exact) mass is 722 g/mol. The van der Waals surface area contributed by atoms with Crippen molar-refractivity contribution in [1.82, 2.24) is 14.5 Å². The lowest BCUT2D eigenvalue weighted by molar-refractivity contribution is 0.668. The Hall–Kier alpha value is -7.24. The third-order valence-corrected chi connectivity index (χ3v) is 10.7. The zero-order chi connectivity index (χ0) is 37.8. The molecule has 0 radical (unpaired) electrons. The first kappa shape index (κ1) is 33.3. The molecule has 0 saturated carbocycles. The average Bonchev–Trinajstić information content (AvgIpc) is 3.79. The van der Waals surface area contributed by atoms with E-state index in [1.54, 1.807) is 0 Å². The first-order chi connectivity index (χ1) is 27.5. The number of benzene rings is 6. The first-order valence-corrected chi connectivity index (χ1v) is 19.0. The van der Waals surface area contributed by atoms with E-state index in [4.69, 9.17) is 14.4 Å². The molecule has 0 bridgehead atoms. The molecule has 268 valence electrons. The Labute approximate surface area is 325 Å². The molecular weight excluding hydrogens is 685 g/mol. The van der Waals surface area contributed by atoms with Gasteiger partial charge in [0, 0.05) is 51.1 Å². The molecule has 0 amide bonds. The van der Waals surface area contributed by atoms with Gasteiger partial charge >= 0.3 is 0 Å². The highest BCUT2D eigenvalue weighted by Gasteiger charge is 2.25. The summed E-state index contributed by atoms with van der Waals surface area (Å²) in [5, 5.41) is 3.29. The van der Waals surface area contributed by atoms with Crippen LogP contribution in [0.5, 0.6) is 0 Å². The Balaban J connectivity index is 1.25. The van der Waals surface area contributed by atoms with Crippen LogP contribution < -0.4 is 4.90 Å². The van der Waals surface area contributed by atoms with Crippen LogP contribution in [0.4, 0.5) is 17.1 Å². The second kappa shape index (κ2) is 13.6. The average molecular weight is 723 g/mol. The molecule has 0 atom stereocenters. The molecule has 0 saturated heterocycles. The van der Waals surface area contributed by atoms with Gasteiger partial charge in [0.15, 0.2) is 5.58 Å². The van der Waals surface area contributed by atoms with Crippen molar-refractivity contribution in [2.45, 2.75) is 20.8 Å². The van der Waals surface area contributed by atoms with E-state index < -0.39 is 0 Å². The van der Waals surface area contributed by atoms with E-state index in [0.717, 1.165) is 83.8 Å². The summed E-state index contributed by atoms with van der Waals surface area (Å²) in [6.45, 7) is 6.58. The fraction of sp³-hybridized carbons (Fsp3) is 0.0588. The van der Waals surface area contributed by atoms with Gasteiger partial charge in [-0.1, -0.05) is 121 Å². The van der Waals surface area contributed by atoms with E-state index in [2.05, 4.69) is 170 Å². The Bertz CT molecular complexity index is 3030. The van der Waals surface area contributed by atoms with Crippen LogP contribution in [0.25, 0.3) is 72.3 Å². The van der Waals surface area contributed by atoms with Crippen LogP contribution in [-0.4, -0.2) is 14.5 Å². The fourth-order valence-corrected chi connectivity index (χ4v) is 8.49. The molecule has 0 aliphatic rings. The molecule has 4 heterocycles. The van der Waals surface area contributed by atoms with Gasteiger partial charge in [-0.25, -0.2) is 4.98 Å². The van der Waals surface area contributed by atoms with Crippen LogP contribution in [0.3, 0.4) is 0 Å². The van der Waals surface area contributed by atoms with Gasteiger partial charge in [0.2, 0.25) is 0 Å². The van der Waals surface area contributed by atoms with Crippen LogP contribution in [0.1, 0.15) is 16.7 Å². The second-order valence-electron chi connectivity index (χ2n) is 14.4. The van der Waals surface area contributed by atoms with E-state index in [0.29, 0.717) is 0 Å². The molecular formula is C51H38N4O.